The third-order valence-corrected chi connectivity index (χ3v) is 4.10. The number of carbonyl (C=O) groups excluding carboxylic acids is 1. The molecular formula is C19H19N3O3. The molecule has 3 heterocycles. The van der Waals surface area contributed by atoms with Gasteiger partial charge in [0.05, 0.1) is 37.7 Å². The molecule has 25 heavy (non-hydrogen) atoms. The summed E-state index contributed by atoms with van der Waals surface area (Å²) in [5.41, 5.74) is 3.64. The van der Waals surface area contributed by atoms with Gasteiger partial charge in [0.1, 0.15) is 0 Å². The lowest BCUT2D eigenvalue weighted by molar-refractivity contribution is 0.0831. The maximum absolute atomic E-state index is 12.5. The van der Waals surface area contributed by atoms with Gasteiger partial charge in [-0.05, 0) is 31.2 Å². The lowest BCUT2D eigenvalue weighted by Crippen LogP contribution is -2.21. The van der Waals surface area contributed by atoms with Crippen molar-refractivity contribution in [3.8, 4) is 22.9 Å². The van der Waals surface area contributed by atoms with Gasteiger partial charge in [-0.1, -0.05) is 12.7 Å². The topological polar surface area (TPSA) is 64.6 Å². The van der Waals surface area contributed by atoms with Crippen molar-refractivity contribution in [3.63, 3.8) is 0 Å². The predicted octanol–water partition coefficient (Wildman–Crippen LogP) is 3.21. The molecule has 6 heteroatoms. The minimum absolute atomic E-state index is 0.0625. The highest BCUT2D eigenvalue weighted by molar-refractivity contribution is 5.99. The predicted molar refractivity (Wildman–Crippen MR) is 94.4 cm³/mol. The molecule has 3 rings (SSSR count). The van der Waals surface area contributed by atoms with Crippen LogP contribution in [0.15, 0.2) is 48.8 Å². The van der Waals surface area contributed by atoms with Crippen molar-refractivity contribution in [2.75, 3.05) is 14.2 Å². The minimum Gasteiger partial charge on any atom is -0.491 e. The summed E-state index contributed by atoms with van der Waals surface area (Å²) >= 11 is 0. The first kappa shape index (κ1) is 16.7. The molecule has 2 aromatic rings. The molecule has 1 aliphatic rings. The van der Waals surface area contributed by atoms with Crippen LogP contribution in [-0.4, -0.2) is 35.0 Å². The normalized spacial score (nSPS) is 13.6. The second kappa shape index (κ2) is 6.76. The largest absolute Gasteiger partial charge is 0.491 e. The summed E-state index contributed by atoms with van der Waals surface area (Å²) < 4.78 is 10.4. The number of rotatable bonds is 5. The fraction of sp³-hybridized carbons (Fsp3) is 0.211. The first-order valence-corrected chi connectivity index (χ1v) is 7.81. The van der Waals surface area contributed by atoms with Crippen LogP contribution in [0.25, 0.3) is 11.3 Å². The van der Waals surface area contributed by atoms with E-state index >= 15 is 0 Å². The summed E-state index contributed by atoms with van der Waals surface area (Å²) in [6.45, 7) is 6.06. The number of methoxy groups -OCH3 is 2. The van der Waals surface area contributed by atoms with E-state index in [0.29, 0.717) is 23.7 Å². The van der Waals surface area contributed by atoms with Crippen molar-refractivity contribution in [2.45, 2.75) is 13.5 Å². The van der Waals surface area contributed by atoms with Gasteiger partial charge in [-0.3, -0.25) is 9.78 Å². The van der Waals surface area contributed by atoms with Crippen LogP contribution in [0.5, 0.6) is 11.6 Å². The Kier molecular flexibility index (Phi) is 4.52. The molecule has 1 amide bonds. The molecule has 0 saturated heterocycles. The molecule has 0 unspecified atom stereocenters. The Bertz CT molecular complexity index is 874. The molecule has 0 N–H and O–H groups in total. The molecule has 1 aliphatic heterocycles. The number of aromatic nitrogens is 2. The number of hydrogen-bond donors (Lipinski definition) is 0. The number of nitrogens with zero attached hydrogens (tertiary/aromatic N) is 3. The monoisotopic (exact) mass is 337 g/mol. The van der Waals surface area contributed by atoms with E-state index in [0.717, 1.165) is 22.6 Å². The van der Waals surface area contributed by atoms with Gasteiger partial charge >= 0.3 is 0 Å². The number of pyridine rings is 2. The molecule has 128 valence electrons. The van der Waals surface area contributed by atoms with Gasteiger partial charge in [-0.25, -0.2) is 4.98 Å². The molecule has 0 bridgehead atoms. The van der Waals surface area contributed by atoms with E-state index in [1.54, 1.807) is 30.3 Å². The highest BCUT2D eigenvalue weighted by Crippen LogP contribution is 2.31. The Balaban J connectivity index is 1.98. The zero-order chi connectivity index (χ0) is 18.0. The van der Waals surface area contributed by atoms with Gasteiger partial charge in [0.2, 0.25) is 0 Å². The maximum atomic E-state index is 12.5. The van der Waals surface area contributed by atoms with E-state index < -0.39 is 0 Å². The molecule has 0 atom stereocenters. The van der Waals surface area contributed by atoms with Gasteiger partial charge in [0.25, 0.3) is 11.8 Å². The van der Waals surface area contributed by atoms with Crippen LogP contribution in [0.3, 0.4) is 0 Å². The van der Waals surface area contributed by atoms with Crippen molar-refractivity contribution in [1.29, 1.82) is 0 Å². The third kappa shape index (κ3) is 2.87. The van der Waals surface area contributed by atoms with Crippen molar-refractivity contribution in [3.05, 3.63) is 60.1 Å². The smallest absolute Gasteiger partial charge is 0.260 e. The quantitative estimate of drug-likeness (QED) is 0.784. The standard InChI is InChI=1S/C19H19N3O3/c1-5-13(6-2)22-11-16-14(19(22)23)7-8-15(21-16)12-9-17(24-3)18(25-4)20-10-12/h5-10H,1,11H2,2-4H3/b13-6+. The Morgan fingerprint density at radius 1 is 1.32 bits per heavy atom. The van der Waals surface area contributed by atoms with E-state index in [-0.39, 0.29) is 5.91 Å². The molecular weight excluding hydrogens is 318 g/mol. The fourth-order valence-corrected chi connectivity index (χ4v) is 2.81. The van der Waals surface area contributed by atoms with E-state index in [1.165, 1.54) is 7.11 Å². The van der Waals surface area contributed by atoms with E-state index in [4.69, 9.17) is 9.47 Å². The number of allylic oxidation sites excluding steroid dienone is 2. The van der Waals surface area contributed by atoms with Crippen LogP contribution in [-0.2, 0) is 6.54 Å². The average molecular weight is 337 g/mol. The van der Waals surface area contributed by atoms with E-state index in [1.807, 2.05) is 25.1 Å². The third-order valence-electron chi connectivity index (χ3n) is 4.10. The van der Waals surface area contributed by atoms with Crippen LogP contribution >= 0.6 is 0 Å². The Morgan fingerprint density at radius 2 is 2.12 bits per heavy atom. The number of carbonyl (C=O) groups is 1. The zero-order valence-corrected chi connectivity index (χ0v) is 14.4. The van der Waals surface area contributed by atoms with Gasteiger partial charge in [0, 0.05) is 17.5 Å². The Labute approximate surface area is 146 Å². The molecule has 0 spiro atoms. The highest BCUT2D eigenvalue weighted by atomic mass is 16.5. The van der Waals surface area contributed by atoms with Crippen LogP contribution in [0.4, 0.5) is 0 Å². The molecule has 0 fully saturated rings. The summed E-state index contributed by atoms with van der Waals surface area (Å²) in [4.78, 5) is 23.1. The highest BCUT2D eigenvalue weighted by Gasteiger charge is 2.30. The van der Waals surface area contributed by atoms with Gasteiger partial charge in [0.15, 0.2) is 5.75 Å². The van der Waals surface area contributed by atoms with Crippen LogP contribution in [0.2, 0.25) is 0 Å². The zero-order valence-electron chi connectivity index (χ0n) is 14.4. The molecule has 0 aliphatic carbocycles. The van der Waals surface area contributed by atoms with Crippen LogP contribution in [0, 0.1) is 0 Å². The first-order valence-electron chi connectivity index (χ1n) is 7.81. The molecule has 0 aromatic carbocycles. The van der Waals surface area contributed by atoms with Gasteiger partial charge < -0.3 is 14.4 Å². The van der Waals surface area contributed by atoms with Crippen molar-refractivity contribution < 1.29 is 14.3 Å². The first-order chi connectivity index (χ1) is 12.1. The number of hydrogen-bond acceptors (Lipinski definition) is 5. The number of amides is 1. The second-order valence-electron chi connectivity index (χ2n) is 5.44. The van der Waals surface area contributed by atoms with E-state index in [9.17, 15) is 4.79 Å². The summed E-state index contributed by atoms with van der Waals surface area (Å²) in [5.74, 6) is 0.882. The Hall–Kier alpha value is -3.15. The fourth-order valence-electron chi connectivity index (χ4n) is 2.81. The minimum atomic E-state index is -0.0625. The Morgan fingerprint density at radius 3 is 2.76 bits per heavy atom. The molecule has 0 radical (unpaired) electrons. The van der Waals surface area contributed by atoms with Crippen LogP contribution < -0.4 is 9.47 Å². The molecule has 0 saturated carbocycles. The van der Waals surface area contributed by atoms with Crippen molar-refractivity contribution in [2.24, 2.45) is 0 Å². The van der Waals surface area contributed by atoms with Gasteiger partial charge in [-0.15, -0.1) is 0 Å². The summed E-state index contributed by atoms with van der Waals surface area (Å²) in [6, 6.07) is 5.43. The summed E-state index contributed by atoms with van der Waals surface area (Å²) in [6.07, 6.45) is 5.20. The number of fused-ring (bicyclic) bond motifs is 1. The van der Waals surface area contributed by atoms with Crippen molar-refractivity contribution in [1.82, 2.24) is 14.9 Å². The maximum Gasteiger partial charge on any atom is 0.260 e. The lowest BCUT2D eigenvalue weighted by Gasteiger charge is -2.15. The summed E-state index contributed by atoms with van der Waals surface area (Å²) in [7, 11) is 3.10. The summed E-state index contributed by atoms with van der Waals surface area (Å²) in [5, 5.41) is 0. The van der Waals surface area contributed by atoms with Gasteiger partial charge in [-0.2, -0.15) is 0 Å². The molecule has 6 nitrogen and oxygen atoms in total. The van der Waals surface area contributed by atoms with E-state index in [2.05, 4.69) is 16.5 Å². The molecule has 2 aromatic heterocycles. The lowest BCUT2D eigenvalue weighted by atomic mass is 10.1. The SMILES string of the molecule is C=C/C(=C\C)N1Cc2nc(-c3cnc(OC)c(OC)c3)ccc2C1=O. The number of ether oxygens (including phenoxy) is 2. The van der Waals surface area contributed by atoms with Crippen molar-refractivity contribution >= 4 is 5.91 Å². The van der Waals surface area contributed by atoms with Crippen LogP contribution in [0.1, 0.15) is 23.0 Å². The second-order valence-corrected chi connectivity index (χ2v) is 5.44. The average Bonchev–Trinajstić information content (AvgIpc) is 2.98.